The van der Waals surface area contributed by atoms with Crippen LogP contribution in [0.15, 0.2) is 54.6 Å². The molecule has 0 bridgehead atoms. The largest absolute Gasteiger partial charge is 0.322 e. The fraction of sp³-hybridized carbons (Fsp3) is 0.261. The zero-order chi connectivity index (χ0) is 20.7. The number of rotatable bonds is 3. The van der Waals surface area contributed by atoms with Gasteiger partial charge in [-0.2, -0.15) is 0 Å². The Kier molecular flexibility index (Phi) is 5.01. The van der Waals surface area contributed by atoms with E-state index in [0.717, 1.165) is 5.56 Å². The van der Waals surface area contributed by atoms with Crippen LogP contribution in [0.25, 0.3) is 0 Å². The fourth-order valence-corrected chi connectivity index (χ4v) is 4.35. The van der Waals surface area contributed by atoms with Crippen molar-refractivity contribution >= 4 is 40.7 Å². The molecule has 1 aliphatic heterocycles. The number of anilines is 2. The molecule has 0 unspecified atom stereocenters. The number of carbonyl (C=O) groups excluding carboxylic acids is 3. The highest BCUT2D eigenvalue weighted by atomic mass is 35.5. The number of hydrogen-bond acceptors (Lipinski definition) is 3. The molecule has 3 atom stereocenters. The van der Waals surface area contributed by atoms with E-state index in [1.807, 2.05) is 26.0 Å². The first-order valence-corrected chi connectivity index (χ1v) is 9.98. The van der Waals surface area contributed by atoms with Crippen LogP contribution in [0.2, 0.25) is 5.02 Å². The SMILES string of the molecule is Cc1c(Cl)cccc1NC(=O)c1ccccc1N1C(=O)[C@H]2[C@H](C)C=CC[C@H]2C1=O. The van der Waals surface area contributed by atoms with Crippen molar-refractivity contribution in [2.24, 2.45) is 17.8 Å². The first-order chi connectivity index (χ1) is 13.9. The van der Waals surface area contributed by atoms with Gasteiger partial charge in [-0.05, 0) is 49.1 Å². The van der Waals surface area contributed by atoms with Crippen molar-refractivity contribution in [1.29, 1.82) is 0 Å². The third-order valence-corrected chi connectivity index (χ3v) is 6.19. The zero-order valence-corrected chi connectivity index (χ0v) is 16.9. The Morgan fingerprint density at radius 2 is 1.86 bits per heavy atom. The lowest BCUT2D eigenvalue weighted by molar-refractivity contribution is -0.122. The third-order valence-electron chi connectivity index (χ3n) is 5.78. The number of carbonyl (C=O) groups is 3. The first kappa shape index (κ1) is 19.4. The molecule has 0 saturated carbocycles. The summed E-state index contributed by atoms with van der Waals surface area (Å²) in [5.74, 6) is -1.63. The van der Waals surface area contributed by atoms with E-state index in [0.29, 0.717) is 22.8 Å². The molecule has 5 nitrogen and oxygen atoms in total. The Morgan fingerprint density at radius 1 is 1.10 bits per heavy atom. The van der Waals surface area contributed by atoms with Crippen molar-refractivity contribution in [2.75, 3.05) is 10.2 Å². The Morgan fingerprint density at radius 3 is 2.62 bits per heavy atom. The maximum Gasteiger partial charge on any atom is 0.257 e. The number of nitrogens with zero attached hydrogens (tertiary/aromatic N) is 1. The predicted molar refractivity (Wildman–Crippen MR) is 113 cm³/mol. The number of nitrogens with one attached hydrogen (secondary N) is 1. The molecule has 6 heteroatoms. The van der Waals surface area contributed by atoms with Crippen LogP contribution in [0, 0.1) is 24.7 Å². The van der Waals surface area contributed by atoms with Gasteiger partial charge in [-0.1, -0.05) is 48.9 Å². The van der Waals surface area contributed by atoms with E-state index in [4.69, 9.17) is 11.6 Å². The number of para-hydroxylation sites is 1. The molecule has 1 fully saturated rings. The standard InChI is InChI=1S/C23H21ClN2O3/c1-13-7-5-9-16-20(13)23(29)26(22(16)28)19-12-4-3-8-15(19)21(27)25-18-11-6-10-17(24)14(18)2/h3-8,10-13,16,20H,9H2,1-2H3,(H,25,27)/t13-,16-,20+/m1/s1. The van der Waals surface area contributed by atoms with Gasteiger partial charge in [0.1, 0.15) is 0 Å². The van der Waals surface area contributed by atoms with Gasteiger partial charge in [0.25, 0.3) is 5.91 Å². The van der Waals surface area contributed by atoms with Gasteiger partial charge in [-0.25, -0.2) is 4.90 Å². The molecule has 148 valence electrons. The van der Waals surface area contributed by atoms with Crippen LogP contribution in [0.3, 0.4) is 0 Å². The summed E-state index contributed by atoms with van der Waals surface area (Å²) in [4.78, 5) is 40.4. The smallest absolute Gasteiger partial charge is 0.257 e. The maximum absolute atomic E-state index is 13.1. The van der Waals surface area contributed by atoms with Gasteiger partial charge in [0, 0.05) is 10.7 Å². The van der Waals surface area contributed by atoms with Crippen LogP contribution in [0.1, 0.15) is 29.3 Å². The second-order valence-electron chi connectivity index (χ2n) is 7.55. The van der Waals surface area contributed by atoms with E-state index in [1.54, 1.807) is 42.5 Å². The van der Waals surface area contributed by atoms with Gasteiger partial charge < -0.3 is 5.32 Å². The average molecular weight is 409 g/mol. The molecule has 2 aromatic carbocycles. The highest BCUT2D eigenvalue weighted by Crippen LogP contribution is 2.41. The molecule has 1 saturated heterocycles. The minimum Gasteiger partial charge on any atom is -0.322 e. The second kappa shape index (κ2) is 7.48. The van der Waals surface area contributed by atoms with Crippen molar-refractivity contribution in [1.82, 2.24) is 0 Å². The van der Waals surface area contributed by atoms with Gasteiger partial charge in [0.2, 0.25) is 11.8 Å². The van der Waals surface area contributed by atoms with E-state index >= 15 is 0 Å². The van der Waals surface area contributed by atoms with Crippen LogP contribution in [0.4, 0.5) is 11.4 Å². The Balaban J connectivity index is 1.69. The summed E-state index contributed by atoms with van der Waals surface area (Å²) in [6, 6.07) is 12.0. The summed E-state index contributed by atoms with van der Waals surface area (Å²) in [7, 11) is 0. The van der Waals surface area contributed by atoms with Crippen LogP contribution in [-0.4, -0.2) is 17.7 Å². The minimum absolute atomic E-state index is 0.00898. The minimum atomic E-state index is -0.396. The molecule has 3 amide bonds. The van der Waals surface area contributed by atoms with Gasteiger partial charge >= 0.3 is 0 Å². The van der Waals surface area contributed by atoms with Gasteiger partial charge in [-0.3, -0.25) is 14.4 Å². The molecule has 1 heterocycles. The quantitative estimate of drug-likeness (QED) is 0.596. The molecule has 4 rings (SSSR count). The molecule has 0 aromatic heterocycles. The van der Waals surface area contributed by atoms with Crippen molar-refractivity contribution in [3.63, 3.8) is 0 Å². The number of halogens is 1. The van der Waals surface area contributed by atoms with Crippen molar-refractivity contribution in [3.05, 3.63) is 70.8 Å². The average Bonchev–Trinajstić information content (AvgIpc) is 2.97. The molecule has 1 N–H and O–H groups in total. The third kappa shape index (κ3) is 3.25. The number of hydrogen-bond donors (Lipinski definition) is 1. The van der Waals surface area contributed by atoms with Crippen LogP contribution < -0.4 is 10.2 Å². The second-order valence-corrected chi connectivity index (χ2v) is 7.96. The monoisotopic (exact) mass is 408 g/mol. The molecule has 0 radical (unpaired) electrons. The van der Waals surface area contributed by atoms with E-state index in [1.165, 1.54) is 4.90 Å². The van der Waals surface area contributed by atoms with Crippen LogP contribution >= 0.6 is 11.6 Å². The number of imide groups is 1. The first-order valence-electron chi connectivity index (χ1n) is 9.60. The molecule has 2 aromatic rings. The van der Waals surface area contributed by atoms with Gasteiger partial charge in [-0.15, -0.1) is 0 Å². The number of benzene rings is 2. The number of allylic oxidation sites excluding steroid dienone is 2. The van der Waals surface area contributed by atoms with Gasteiger partial charge in [0.05, 0.1) is 23.1 Å². The molecule has 29 heavy (non-hydrogen) atoms. The van der Waals surface area contributed by atoms with Crippen LogP contribution in [-0.2, 0) is 9.59 Å². The summed E-state index contributed by atoms with van der Waals surface area (Å²) >= 11 is 6.15. The predicted octanol–water partition coefficient (Wildman–Crippen LogP) is 4.60. The van der Waals surface area contributed by atoms with Crippen molar-refractivity contribution in [3.8, 4) is 0 Å². The summed E-state index contributed by atoms with van der Waals surface area (Å²) in [5.41, 5.74) is 1.93. The zero-order valence-electron chi connectivity index (χ0n) is 16.2. The lowest BCUT2D eigenvalue weighted by atomic mass is 9.78. The molecule has 1 aliphatic carbocycles. The normalized spacial score (nSPS) is 23.3. The van der Waals surface area contributed by atoms with Crippen molar-refractivity contribution in [2.45, 2.75) is 20.3 Å². The molecular formula is C23H21ClN2O3. The highest BCUT2D eigenvalue weighted by Gasteiger charge is 2.51. The summed E-state index contributed by atoms with van der Waals surface area (Å²) in [6.45, 7) is 3.76. The van der Waals surface area contributed by atoms with Gasteiger partial charge in [0.15, 0.2) is 0 Å². The van der Waals surface area contributed by atoms with Crippen LogP contribution in [0.5, 0.6) is 0 Å². The summed E-state index contributed by atoms with van der Waals surface area (Å²) in [6.07, 6.45) is 4.49. The Labute approximate surface area is 174 Å². The molecule has 2 aliphatic rings. The van der Waals surface area contributed by atoms with E-state index < -0.39 is 5.91 Å². The van der Waals surface area contributed by atoms with E-state index in [2.05, 4.69) is 5.32 Å². The Hall–Kier alpha value is -2.92. The molecule has 0 spiro atoms. The van der Waals surface area contributed by atoms with E-state index in [-0.39, 0.29) is 35.1 Å². The fourth-order valence-electron chi connectivity index (χ4n) is 4.18. The topological polar surface area (TPSA) is 66.5 Å². The Bertz CT molecular complexity index is 1050. The summed E-state index contributed by atoms with van der Waals surface area (Å²) < 4.78 is 0. The number of amides is 3. The summed E-state index contributed by atoms with van der Waals surface area (Å²) in [5, 5.41) is 3.40. The van der Waals surface area contributed by atoms with Crippen molar-refractivity contribution < 1.29 is 14.4 Å². The number of fused-ring (bicyclic) bond motifs is 1. The maximum atomic E-state index is 13.1. The lowest BCUT2D eigenvalue weighted by Crippen LogP contribution is -2.33. The highest BCUT2D eigenvalue weighted by molar-refractivity contribution is 6.32. The van der Waals surface area contributed by atoms with E-state index in [9.17, 15) is 14.4 Å². The lowest BCUT2D eigenvalue weighted by Gasteiger charge is -2.22. The molecular weight excluding hydrogens is 388 g/mol.